The number of aryl methyl sites for hydroxylation is 1. The van der Waals surface area contributed by atoms with E-state index in [0.717, 1.165) is 11.0 Å². The minimum absolute atomic E-state index is 0.327. The maximum atomic E-state index is 6.24. The standard InChI is InChI=1S/C13H18BClO2/c1-9-6-7-10(11(15)8-9)14-16-12(2,3)13(4,5)17-14/h6-8H,1-5H3. The highest BCUT2D eigenvalue weighted by Crippen LogP contribution is 2.36. The number of halogens is 1. The molecule has 0 aliphatic carbocycles. The lowest BCUT2D eigenvalue weighted by Crippen LogP contribution is -2.41. The molecule has 1 saturated heterocycles. The van der Waals surface area contributed by atoms with Crippen molar-refractivity contribution in [1.82, 2.24) is 0 Å². The fraction of sp³-hybridized carbons (Fsp3) is 0.538. The Labute approximate surface area is 108 Å². The zero-order chi connectivity index (χ0) is 12.8. The Balaban J connectivity index is 2.32. The maximum absolute atomic E-state index is 6.24. The Morgan fingerprint density at radius 1 is 1.06 bits per heavy atom. The van der Waals surface area contributed by atoms with E-state index in [1.165, 1.54) is 0 Å². The third-order valence-electron chi connectivity index (χ3n) is 3.66. The molecule has 2 nitrogen and oxygen atoms in total. The van der Waals surface area contributed by atoms with Gasteiger partial charge >= 0.3 is 7.12 Å². The van der Waals surface area contributed by atoms with E-state index in [-0.39, 0.29) is 18.3 Å². The molecule has 1 aliphatic rings. The highest BCUT2D eigenvalue weighted by Gasteiger charge is 2.52. The van der Waals surface area contributed by atoms with Gasteiger partial charge in [0, 0.05) is 10.5 Å². The van der Waals surface area contributed by atoms with Crippen molar-refractivity contribution >= 4 is 24.2 Å². The predicted octanol–water partition coefficient (Wildman–Crippen LogP) is 2.95. The molecular formula is C13H18BClO2. The van der Waals surface area contributed by atoms with Gasteiger partial charge in [0.05, 0.1) is 11.2 Å². The van der Waals surface area contributed by atoms with Gasteiger partial charge < -0.3 is 9.31 Å². The monoisotopic (exact) mass is 252 g/mol. The van der Waals surface area contributed by atoms with Gasteiger partial charge in [0.15, 0.2) is 0 Å². The van der Waals surface area contributed by atoms with E-state index in [4.69, 9.17) is 20.9 Å². The van der Waals surface area contributed by atoms with Gasteiger partial charge in [-0.3, -0.25) is 0 Å². The van der Waals surface area contributed by atoms with Crippen LogP contribution in [-0.4, -0.2) is 18.3 Å². The van der Waals surface area contributed by atoms with Crippen LogP contribution in [0.4, 0.5) is 0 Å². The lowest BCUT2D eigenvalue weighted by molar-refractivity contribution is 0.00578. The van der Waals surface area contributed by atoms with E-state index in [1.54, 1.807) is 0 Å². The summed E-state index contributed by atoms with van der Waals surface area (Å²) in [6, 6.07) is 5.92. The first kappa shape index (κ1) is 12.9. The average Bonchev–Trinajstić information content (AvgIpc) is 2.35. The molecule has 2 rings (SSSR count). The summed E-state index contributed by atoms with van der Waals surface area (Å²) in [6.07, 6.45) is 0. The summed E-state index contributed by atoms with van der Waals surface area (Å²) in [5.41, 5.74) is 1.38. The van der Waals surface area contributed by atoms with E-state index < -0.39 is 0 Å². The summed E-state index contributed by atoms with van der Waals surface area (Å²) < 4.78 is 11.9. The van der Waals surface area contributed by atoms with E-state index in [0.29, 0.717) is 5.02 Å². The first-order chi connectivity index (χ1) is 7.73. The molecule has 0 unspecified atom stereocenters. The molecule has 92 valence electrons. The van der Waals surface area contributed by atoms with Gasteiger partial charge in [0.25, 0.3) is 0 Å². The second-order valence-electron chi connectivity index (χ2n) is 5.61. The molecule has 1 fully saturated rings. The zero-order valence-electron chi connectivity index (χ0n) is 11.0. The van der Waals surface area contributed by atoms with Crippen molar-refractivity contribution in [3.8, 4) is 0 Å². The van der Waals surface area contributed by atoms with Crippen molar-refractivity contribution in [2.24, 2.45) is 0 Å². The first-order valence-electron chi connectivity index (χ1n) is 5.85. The summed E-state index contributed by atoms with van der Waals surface area (Å²) in [4.78, 5) is 0. The van der Waals surface area contributed by atoms with Gasteiger partial charge in [-0.05, 0) is 46.2 Å². The zero-order valence-corrected chi connectivity index (χ0v) is 11.8. The number of hydrogen-bond acceptors (Lipinski definition) is 2. The molecule has 1 aliphatic heterocycles. The van der Waals surface area contributed by atoms with Gasteiger partial charge in [0.2, 0.25) is 0 Å². The third kappa shape index (κ3) is 2.24. The smallest absolute Gasteiger partial charge is 0.399 e. The van der Waals surface area contributed by atoms with Crippen LogP contribution in [0.2, 0.25) is 5.02 Å². The third-order valence-corrected chi connectivity index (χ3v) is 3.99. The summed E-state index contributed by atoms with van der Waals surface area (Å²) in [7, 11) is -0.381. The number of hydrogen-bond donors (Lipinski definition) is 0. The minimum atomic E-state index is -0.381. The van der Waals surface area contributed by atoms with Crippen molar-refractivity contribution in [3.63, 3.8) is 0 Å². The van der Waals surface area contributed by atoms with Crippen LogP contribution in [-0.2, 0) is 9.31 Å². The van der Waals surface area contributed by atoms with Crippen LogP contribution in [0.15, 0.2) is 18.2 Å². The van der Waals surface area contributed by atoms with E-state index in [1.807, 2.05) is 52.8 Å². The van der Waals surface area contributed by atoms with Gasteiger partial charge in [-0.2, -0.15) is 0 Å². The molecule has 0 bridgehead atoms. The maximum Gasteiger partial charge on any atom is 0.496 e. The molecule has 0 amide bonds. The van der Waals surface area contributed by atoms with Crippen LogP contribution in [0.3, 0.4) is 0 Å². The number of benzene rings is 1. The molecule has 0 saturated carbocycles. The Hall–Kier alpha value is -0.505. The largest absolute Gasteiger partial charge is 0.496 e. The van der Waals surface area contributed by atoms with E-state index in [9.17, 15) is 0 Å². The van der Waals surface area contributed by atoms with Gasteiger partial charge in [-0.25, -0.2) is 0 Å². The van der Waals surface area contributed by atoms with Crippen LogP contribution in [0.5, 0.6) is 0 Å². The quantitative estimate of drug-likeness (QED) is 0.716. The van der Waals surface area contributed by atoms with Gasteiger partial charge in [-0.15, -0.1) is 0 Å². The normalized spacial score (nSPS) is 21.9. The van der Waals surface area contributed by atoms with Crippen LogP contribution >= 0.6 is 11.6 Å². The predicted molar refractivity (Wildman–Crippen MR) is 71.9 cm³/mol. The molecule has 17 heavy (non-hydrogen) atoms. The van der Waals surface area contributed by atoms with Crippen LogP contribution in [0.25, 0.3) is 0 Å². The Kier molecular flexibility index (Phi) is 3.05. The fourth-order valence-corrected chi connectivity index (χ4v) is 2.12. The fourth-order valence-electron chi connectivity index (χ4n) is 1.79. The Bertz CT molecular complexity index is 427. The van der Waals surface area contributed by atoms with Crippen molar-refractivity contribution in [2.45, 2.75) is 45.8 Å². The molecular weight excluding hydrogens is 234 g/mol. The highest BCUT2D eigenvalue weighted by atomic mass is 35.5. The molecule has 0 spiro atoms. The first-order valence-corrected chi connectivity index (χ1v) is 6.22. The van der Waals surface area contributed by atoms with Crippen LogP contribution in [0.1, 0.15) is 33.3 Å². The molecule has 0 atom stereocenters. The van der Waals surface area contributed by atoms with E-state index in [2.05, 4.69) is 0 Å². The second-order valence-corrected chi connectivity index (χ2v) is 6.02. The molecule has 1 heterocycles. The number of rotatable bonds is 1. The SMILES string of the molecule is Cc1ccc(B2OC(C)(C)C(C)(C)O2)c(Cl)c1. The highest BCUT2D eigenvalue weighted by molar-refractivity contribution is 6.65. The van der Waals surface area contributed by atoms with Gasteiger partial charge in [0.1, 0.15) is 0 Å². The second kappa shape index (κ2) is 4.01. The molecule has 1 aromatic carbocycles. The lowest BCUT2D eigenvalue weighted by atomic mass is 9.79. The van der Waals surface area contributed by atoms with Crippen LogP contribution in [0, 0.1) is 6.92 Å². The van der Waals surface area contributed by atoms with E-state index >= 15 is 0 Å². The summed E-state index contributed by atoms with van der Waals surface area (Å²) in [5, 5.41) is 0.698. The van der Waals surface area contributed by atoms with Crippen LogP contribution < -0.4 is 5.46 Å². The van der Waals surface area contributed by atoms with Crippen molar-refractivity contribution < 1.29 is 9.31 Å². The molecule has 1 aromatic rings. The Morgan fingerprint density at radius 3 is 2.06 bits per heavy atom. The van der Waals surface area contributed by atoms with Crippen molar-refractivity contribution in [2.75, 3.05) is 0 Å². The minimum Gasteiger partial charge on any atom is -0.399 e. The van der Waals surface area contributed by atoms with Crippen molar-refractivity contribution in [1.29, 1.82) is 0 Å². The van der Waals surface area contributed by atoms with Gasteiger partial charge in [-0.1, -0.05) is 23.7 Å². The molecule has 0 radical (unpaired) electrons. The summed E-state index contributed by atoms with van der Waals surface area (Å²) in [5.74, 6) is 0. The Morgan fingerprint density at radius 2 is 1.59 bits per heavy atom. The average molecular weight is 253 g/mol. The molecule has 0 N–H and O–H groups in total. The lowest BCUT2D eigenvalue weighted by Gasteiger charge is -2.32. The molecule has 0 aromatic heterocycles. The van der Waals surface area contributed by atoms with Crippen molar-refractivity contribution in [3.05, 3.63) is 28.8 Å². The molecule has 4 heteroatoms. The summed E-state index contributed by atoms with van der Waals surface area (Å²) in [6.45, 7) is 10.2. The summed E-state index contributed by atoms with van der Waals surface area (Å²) >= 11 is 6.24. The topological polar surface area (TPSA) is 18.5 Å².